The van der Waals surface area contributed by atoms with E-state index in [1.54, 1.807) is 30.3 Å². The average Bonchev–Trinajstić information content (AvgIpc) is 3.23. The van der Waals surface area contributed by atoms with Gasteiger partial charge in [0.15, 0.2) is 10.1 Å². The Balaban J connectivity index is 1.33. The van der Waals surface area contributed by atoms with Crippen LogP contribution in [0.4, 0.5) is 20.9 Å². The lowest BCUT2D eigenvalue weighted by molar-refractivity contribution is -0.113. The Labute approximate surface area is 186 Å². The van der Waals surface area contributed by atoms with Gasteiger partial charge in [-0.05, 0) is 36.4 Å². The SMILES string of the molecule is O=C(CSc1nnc(Nc2ccccc2F)s1)Nc1ccccc1Oc1ccccc1. The molecule has 0 unspecified atom stereocenters. The summed E-state index contributed by atoms with van der Waals surface area (Å²) in [5, 5.41) is 14.2. The van der Waals surface area contributed by atoms with Gasteiger partial charge in [0.05, 0.1) is 17.1 Å². The van der Waals surface area contributed by atoms with Crippen LogP contribution in [0.3, 0.4) is 0 Å². The maximum Gasteiger partial charge on any atom is 0.234 e. The summed E-state index contributed by atoms with van der Waals surface area (Å²) in [5.41, 5.74) is 0.902. The maximum absolute atomic E-state index is 13.7. The van der Waals surface area contributed by atoms with Crippen molar-refractivity contribution < 1.29 is 13.9 Å². The molecule has 31 heavy (non-hydrogen) atoms. The van der Waals surface area contributed by atoms with Crippen molar-refractivity contribution in [1.82, 2.24) is 10.2 Å². The lowest BCUT2D eigenvalue weighted by atomic mass is 10.3. The van der Waals surface area contributed by atoms with Crippen LogP contribution < -0.4 is 15.4 Å². The van der Waals surface area contributed by atoms with Gasteiger partial charge in [0, 0.05) is 0 Å². The fraction of sp³-hybridized carbons (Fsp3) is 0.0455. The molecule has 0 saturated heterocycles. The molecule has 3 aromatic carbocycles. The first-order valence-corrected chi connectivity index (χ1v) is 11.1. The van der Waals surface area contributed by atoms with Crippen molar-refractivity contribution in [3.63, 3.8) is 0 Å². The first-order chi connectivity index (χ1) is 15.2. The average molecular weight is 453 g/mol. The number of nitrogens with zero attached hydrogens (tertiary/aromatic N) is 2. The molecule has 1 aromatic heterocycles. The summed E-state index contributed by atoms with van der Waals surface area (Å²) in [5.74, 6) is 0.811. The predicted octanol–water partition coefficient (Wildman–Crippen LogP) is 5.94. The Bertz CT molecular complexity index is 1170. The van der Waals surface area contributed by atoms with Crippen LogP contribution in [0.2, 0.25) is 0 Å². The minimum Gasteiger partial charge on any atom is -0.455 e. The zero-order valence-corrected chi connectivity index (χ0v) is 17.8. The molecule has 6 nitrogen and oxygen atoms in total. The van der Waals surface area contributed by atoms with Gasteiger partial charge in [0.2, 0.25) is 11.0 Å². The molecule has 0 fully saturated rings. The summed E-state index contributed by atoms with van der Waals surface area (Å²) in [6.07, 6.45) is 0. The van der Waals surface area contributed by atoms with E-state index in [0.29, 0.717) is 32.3 Å². The van der Waals surface area contributed by atoms with Crippen molar-refractivity contribution >= 4 is 45.5 Å². The van der Waals surface area contributed by atoms with Crippen molar-refractivity contribution in [3.05, 3.63) is 84.7 Å². The number of para-hydroxylation sites is 4. The third kappa shape index (κ3) is 5.80. The van der Waals surface area contributed by atoms with Crippen LogP contribution in [0.25, 0.3) is 0 Å². The van der Waals surface area contributed by atoms with E-state index in [0.717, 1.165) is 0 Å². The number of carbonyl (C=O) groups excluding carboxylic acids is 1. The molecule has 0 atom stereocenters. The fourth-order valence-corrected chi connectivity index (χ4v) is 4.15. The highest BCUT2D eigenvalue weighted by Gasteiger charge is 2.12. The molecular weight excluding hydrogens is 435 g/mol. The van der Waals surface area contributed by atoms with Gasteiger partial charge in [-0.15, -0.1) is 10.2 Å². The molecule has 0 bridgehead atoms. The van der Waals surface area contributed by atoms with Gasteiger partial charge >= 0.3 is 0 Å². The topological polar surface area (TPSA) is 76.1 Å². The summed E-state index contributed by atoms with van der Waals surface area (Å²) in [6, 6.07) is 22.9. The number of rotatable bonds is 8. The standard InChI is InChI=1S/C22H17FN4O2S2/c23-16-10-4-5-11-17(16)25-21-26-27-22(31-21)30-14-20(28)24-18-12-6-7-13-19(18)29-15-8-2-1-3-9-15/h1-13H,14H2,(H,24,28)(H,25,26). The number of hydrogen-bond acceptors (Lipinski definition) is 7. The monoisotopic (exact) mass is 452 g/mol. The second kappa shape index (κ2) is 10.1. The molecule has 9 heteroatoms. The molecular formula is C22H17FN4O2S2. The third-order valence-electron chi connectivity index (χ3n) is 3.98. The van der Waals surface area contributed by atoms with E-state index >= 15 is 0 Å². The van der Waals surface area contributed by atoms with Gasteiger partial charge in [-0.1, -0.05) is 65.6 Å². The van der Waals surface area contributed by atoms with Crippen molar-refractivity contribution in [2.24, 2.45) is 0 Å². The molecule has 1 heterocycles. The summed E-state index contributed by atoms with van der Waals surface area (Å²) in [7, 11) is 0. The third-order valence-corrected chi connectivity index (χ3v) is 5.95. The number of hydrogen-bond donors (Lipinski definition) is 2. The van der Waals surface area contributed by atoms with Crippen LogP contribution in [0, 0.1) is 5.82 Å². The van der Waals surface area contributed by atoms with Crippen LogP contribution >= 0.6 is 23.1 Å². The zero-order chi connectivity index (χ0) is 21.5. The number of halogens is 1. The minimum absolute atomic E-state index is 0.147. The zero-order valence-electron chi connectivity index (χ0n) is 16.1. The van der Waals surface area contributed by atoms with Crippen LogP contribution in [0.15, 0.2) is 83.2 Å². The first kappa shape index (κ1) is 20.8. The summed E-state index contributed by atoms with van der Waals surface area (Å²) in [4.78, 5) is 12.4. The Morgan fingerprint density at radius 3 is 2.45 bits per heavy atom. The van der Waals surface area contributed by atoms with Crippen molar-refractivity contribution in [3.8, 4) is 11.5 Å². The van der Waals surface area contributed by atoms with E-state index < -0.39 is 0 Å². The lowest BCUT2D eigenvalue weighted by Crippen LogP contribution is -2.14. The number of anilines is 3. The number of amides is 1. The normalized spacial score (nSPS) is 10.5. The van der Waals surface area contributed by atoms with Crippen LogP contribution in [0.1, 0.15) is 0 Å². The number of aromatic nitrogens is 2. The highest BCUT2D eigenvalue weighted by Crippen LogP contribution is 2.31. The highest BCUT2D eigenvalue weighted by atomic mass is 32.2. The number of carbonyl (C=O) groups is 1. The Hall–Kier alpha value is -3.43. The fourth-order valence-electron chi connectivity index (χ4n) is 2.58. The quantitative estimate of drug-likeness (QED) is 0.322. The summed E-state index contributed by atoms with van der Waals surface area (Å²) < 4.78 is 20.2. The Morgan fingerprint density at radius 2 is 1.65 bits per heavy atom. The predicted molar refractivity (Wildman–Crippen MR) is 122 cm³/mol. The van der Waals surface area contributed by atoms with Gasteiger partial charge < -0.3 is 15.4 Å². The minimum atomic E-state index is -0.373. The lowest BCUT2D eigenvalue weighted by Gasteiger charge is -2.11. The molecule has 0 spiro atoms. The van der Waals surface area contributed by atoms with Gasteiger partial charge in [-0.2, -0.15) is 0 Å². The molecule has 4 rings (SSSR count). The second-order valence-electron chi connectivity index (χ2n) is 6.23. The summed E-state index contributed by atoms with van der Waals surface area (Å²) >= 11 is 2.50. The van der Waals surface area contributed by atoms with Crippen LogP contribution in [0.5, 0.6) is 11.5 Å². The molecule has 0 aliphatic heterocycles. The van der Waals surface area contributed by atoms with Gasteiger partial charge in [0.1, 0.15) is 11.6 Å². The number of thioether (sulfide) groups is 1. The van der Waals surface area contributed by atoms with Crippen LogP contribution in [-0.2, 0) is 4.79 Å². The van der Waals surface area contributed by atoms with Crippen molar-refractivity contribution in [2.75, 3.05) is 16.4 Å². The maximum atomic E-state index is 13.7. The number of ether oxygens (including phenoxy) is 1. The van der Waals surface area contributed by atoms with Crippen molar-refractivity contribution in [1.29, 1.82) is 0 Å². The molecule has 0 aliphatic rings. The van der Waals surface area contributed by atoms with E-state index in [9.17, 15) is 9.18 Å². The van der Waals surface area contributed by atoms with E-state index in [4.69, 9.17) is 4.74 Å². The Morgan fingerprint density at radius 1 is 0.935 bits per heavy atom. The molecule has 1 amide bonds. The van der Waals surface area contributed by atoms with Crippen LogP contribution in [-0.4, -0.2) is 21.9 Å². The number of benzene rings is 3. The molecule has 156 valence electrons. The largest absolute Gasteiger partial charge is 0.455 e. The van der Waals surface area contributed by atoms with Gasteiger partial charge in [0.25, 0.3) is 0 Å². The molecule has 0 radical (unpaired) electrons. The van der Waals surface area contributed by atoms with Crippen molar-refractivity contribution in [2.45, 2.75) is 4.34 Å². The molecule has 0 saturated carbocycles. The molecule has 4 aromatic rings. The molecule has 0 aliphatic carbocycles. The van der Waals surface area contributed by atoms with E-state index in [1.807, 2.05) is 42.5 Å². The highest BCUT2D eigenvalue weighted by molar-refractivity contribution is 8.01. The van der Waals surface area contributed by atoms with Gasteiger partial charge in [-0.25, -0.2) is 4.39 Å². The smallest absolute Gasteiger partial charge is 0.234 e. The van der Waals surface area contributed by atoms with E-state index in [-0.39, 0.29) is 17.5 Å². The molecule has 2 N–H and O–H groups in total. The first-order valence-electron chi connectivity index (χ1n) is 9.27. The van der Waals surface area contributed by atoms with Gasteiger partial charge in [-0.3, -0.25) is 4.79 Å². The van der Waals surface area contributed by atoms with E-state index in [2.05, 4.69) is 20.8 Å². The summed E-state index contributed by atoms with van der Waals surface area (Å²) in [6.45, 7) is 0. The number of nitrogens with one attached hydrogen (secondary N) is 2. The van der Waals surface area contributed by atoms with E-state index in [1.165, 1.54) is 29.2 Å². The Kier molecular flexibility index (Phi) is 6.75. The second-order valence-corrected chi connectivity index (χ2v) is 8.43.